The topological polar surface area (TPSA) is 49.4 Å². The molecule has 1 aromatic carbocycles. The fourth-order valence-electron chi connectivity index (χ4n) is 5.01. The molecule has 1 unspecified atom stereocenters. The van der Waals surface area contributed by atoms with Crippen molar-refractivity contribution in [3.05, 3.63) is 35.6 Å². The Morgan fingerprint density at radius 3 is 2.31 bits per heavy atom. The Morgan fingerprint density at radius 2 is 1.69 bits per heavy atom. The van der Waals surface area contributed by atoms with Crippen molar-refractivity contribution in [3.8, 4) is 0 Å². The average molecular weight is 358 g/mol. The molecule has 26 heavy (non-hydrogen) atoms. The van der Waals surface area contributed by atoms with Gasteiger partial charge in [-0.3, -0.25) is 9.59 Å². The number of likely N-dealkylation sites (tertiary alicyclic amines) is 1. The molecule has 1 aromatic rings. The van der Waals surface area contributed by atoms with Gasteiger partial charge in [-0.15, -0.1) is 0 Å². The number of hydrogen-bond acceptors (Lipinski definition) is 2. The lowest BCUT2D eigenvalue weighted by Gasteiger charge is -2.51. The normalized spacial score (nSPS) is 25.8. The minimum atomic E-state index is -0.716. The maximum absolute atomic E-state index is 13.3. The molecule has 1 N–H and O–H groups in total. The zero-order valence-electron chi connectivity index (χ0n) is 15.2. The highest BCUT2D eigenvalue weighted by Crippen LogP contribution is 2.47. The number of nitrogens with zero attached hydrogens (tertiary/aromatic N) is 1. The third kappa shape index (κ3) is 3.01. The van der Waals surface area contributed by atoms with Gasteiger partial charge in [-0.05, 0) is 43.4 Å². The molecular formula is C21H27FN2O2. The Hall–Kier alpha value is -1.91. The van der Waals surface area contributed by atoms with Crippen LogP contribution in [0.1, 0.15) is 75.8 Å². The number of hydrogen-bond donors (Lipinski definition) is 1. The fraction of sp³-hybridized carbons (Fsp3) is 0.619. The van der Waals surface area contributed by atoms with Gasteiger partial charge in [-0.25, -0.2) is 4.39 Å². The molecule has 4 rings (SSSR count). The van der Waals surface area contributed by atoms with E-state index in [0.29, 0.717) is 6.42 Å². The Morgan fingerprint density at radius 1 is 1.04 bits per heavy atom. The molecule has 4 nitrogen and oxygen atoms in total. The molecule has 1 atom stereocenters. The first-order valence-electron chi connectivity index (χ1n) is 9.99. The molecule has 140 valence electrons. The van der Waals surface area contributed by atoms with Gasteiger partial charge < -0.3 is 10.2 Å². The Labute approximate surface area is 154 Å². The van der Waals surface area contributed by atoms with Crippen molar-refractivity contribution in [3.63, 3.8) is 0 Å². The van der Waals surface area contributed by atoms with Crippen LogP contribution in [0.4, 0.5) is 4.39 Å². The van der Waals surface area contributed by atoms with Crippen LogP contribution in [0, 0.1) is 5.82 Å². The van der Waals surface area contributed by atoms with Gasteiger partial charge >= 0.3 is 0 Å². The summed E-state index contributed by atoms with van der Waals surface area (Å²) in [4.78, 5) is 27.6. The molecule has 0 bridgehead atoms. The number of β-lactam (4-membered cyclic amide) rings is 1. The van der Waals surface area contributed by atoms with Crippen LogP contribution in [0.25, 0.3) is 0 Å². The van der Waals surface area contributed by atoms with Crippen LogP contribution in [0.15, 0.2) is 24.3 Å². The van der Waals surface area contributed by atoms with Crippen LogP contribution in [0.5, 0.6) is 0 Å². The number of carbonyl (C=O) groups is 2. The molecule has 1 heterocycles. The van der Waals surface area contributed by atoms with E-state index >= 15 is 0 Å². The first kappa shape index (κ1) is 17.5. The highest BCUT2D eigenvalue weighted by atomic mass is 19.1. The van der Waals surface area contributed by atoms with Crippen molar-refractivity contribution in [1.29, 1.82) is 0 Å². The van der Waals surface area contributed by atoms with Crippen LogP contribution < -0.4 is 5.32 Å². The molecule has 5 heteroatoms. The summed E-state index contributed by atoms with van der Waals surface area (Å²) in [6, 6.07) is 6.47. The number of benzene rings is 1. The number of amides is 2. The lowest BCUT2D eigenvalue weighted by Crippen LogP contribution is -2.66. The lowest BCUT2D eigenvalue weighted by atomic mass is 9.82. The van der Waals surface area contributed by atoms with Crippen molar-refractivity contribution in [2.24, 2.45) is 0 Å². The largest absolute Gasteiger partial charge is 0.351 e. The van der Waals surface area contributed by atoms with Crippen LogP contribution in [0.3, 0.4) is 0 Å². The molecule has 2 aliphatic carbocycles. The third-order valence-electron chi connectivity index (χ3n) is 6.46. The van der Waals surface area contributed by atoms with E-state index in [-0.39, 0.29) is 29.7 Å². The van der Waals surface area contributed by atoms with Crippen molar-refractivity contribution in [1.82, 2.24) is 10.2 Å². The van der Waals surface area contributed by atoms with Crippen LogP contribution >= 0.6 is 0 Å². The van der Waals surface area contributed by atoms with E-state index < -0.39 is 5.54 Å². The zero-order valence-corrected chi connectivity index (χ0v) is 15.2. The first-order chi connectivity index (χ1) is 12.6. The van der Waals surface area contributed by atoms with Gasteiger partial charge in [-0.1, -0.05) is 44.2 Å². The maximum atomic E-state index is 13.3. The molecule has 1 aliphatic heterocycles. The van der Waals surface area contributed by atoms with Crippen LogP contribution in [-0.4, -0.2) is 28.3 Å². The van der Waals surface area contributed by atoms with Crippen molar-refractivity contribution in [2.75, 3.05) is 0 Å². The van der Waals surface area contributed by atoms with Gasteiger partial charge in [0.1, 0.15) is 11.4 Å². The molecule has 2 saturated carbocycles. The molecule has 0 aromatic heterocycles. The summed E-state index contributed by atoms with van der Waals surface area (Å²) in [5.74, 6) is -0.210. The smallest absolute Gasteiger partial charge is 0.246 e. The minimum absolute atomic E-state index is 0.0297. The highest BCUT2D eigenvalue weighted by molar-refractivity contribution is 5.95. The van der Waals surface area contributed by atoms with Crippen molar-refractivity contribution >= 4 is 11.8 Å². The molecule has 3 aliphatic rings. The summed E-state index contributed by atoms with van der Waals surface area (Å²) < 4.78 is 13.3. The van der Waals surface area contributed by atoms with E-state index in [4.69, 9.17) is 0 Å². The van der Waals surface area contributed by atoms with E-state index in [2.05, 4.69) is 5.32 Å². The molecule has 0 radical (unpaired) electrons. The van der Waals surface area contributed by atoms with Crippen molar-refractivity contribution < 1.29 is 14.0 Å². The lowest BCUT2D eigenvalue weighted by molar-refractivity contribution is -0.165. The third-order valence-corrected chi connectivity index (χ3v) is 6.46. The van der Waals surface area contributed by atoms with Gasteiger partial charge in [-0.2, -0.15) is 0 Å². The van der Waals surface area contributed by atoms with E-state index in [1.54, 1.807) is 12.1 Å². The number of nitrogens with one attached hydrogen (secondary N) is 1. The summed E-state index contributed by atoms with van der Waals surface area (Å²) in [6.07, 6.45) is 9.46. The van der Waals surface area contributed by atoms with Crippen LogP contribution in [-0.2, 0) is 9.59 Å². The second-order valence-corrected chi connectivity index (χ2v) is 8.08. The first-order valence-corrected chi connectivity index (χ1v) is 9.99. The SMILES string of the molecule is O=C1CC(c2ccc(F)cc2)N1C1(C(=O)NC2CCCCC2)CCCC1. The second-order valence-electron chi connectivity index (χ2n) is 8.08. The summed E-state index contributed by atoms with van der Waals surface area (Å²) >= 11 is 0. The molecular weight excluding hydrogens is 331 g/mol. The minimum Gasteiger partial charge on any atom is -0.351 e. The molecule has 0 spiro atoms. The van der Waals surface area contributed by atoms with Crippen molar-refractivity contribution in [2.45, 2.75) is 81.8 Å². The molecule has 1 saturated heterocycles. The molecule has 3 fully saturated rings. The second kappa shape index (κ2) is 7.01. The number of carbonyl (C=O) groups excluding carboxylic acids is 2. The standard InChI is InChI=1S/C21H27FN2O2/c22-16-10-8-15(9-11-16)18-14-19(25)24(18)21(12-4-5-13-21)20(26)23-17-6-2-1-3-7-17/h8-11,17-18H,1-7,12-14H2,(H,23,26). The fourth-order valence-corrected chi connectivity index (χ4v) is 5.01. The monoisotopic (exact) mass is 358 g/mol. The Bertz CT molecular complexity index is 676. The van der Waals surface area contributed by atoms with Gasteiger partial charge in [0.25, 0.3) is 0 Å². The van der Waals surface area contributed by atoms with Gasteiger partial charge in [0.2, 0.25) is 11.8 Å². The number of halogens is 1. The average Bonchev–Trinajstić information content (AvgIpc) is 3.11. The van der Waals surface area contributed by atoms with Crippen LogP contribution in [0.2, 0.25) is 0 Å². The summed E-state index contributed by atoms with van der Waals surface area (Å²) in [7, 11) is 0. The summed E-state index contributed by atoms with van der Waals surface area (Å²) in [6.45, 7) is 0. The predicted molar refractivity (Wildman–Crippen MR) is 96.8 cm³/mol. The predicted octanol–water partition coefficient (Wildman–Crippen LogP) is 3.86. The Balaban J connectivity index is 1.56. The zero-order chi connectivity index (χ0) is 18.1. The summed E-state index contributed by atoms with van der Waals surface area (Å²) in [5.41, 5.74) is 0.203. The molecule has 2 amide bonds. The quantitative estimate of drug-likeness (QED) is 0.831. The van der Waals surface area contributed by atoms with Gasteiger partial charge in [0.15, 0.2) is 0 Å². The van der Waals surface area contributed by atoms with Gasteiger partial charge in [0, 0.05) is 6.04 Å². The maximum Gasteiger partial charge on any atom is 0.246 e. The highest BCUT2D eigenvalue weighted by Gasteiger charge is 2.55. The van der Waals surface area contributed by atoms with Gasteiger partial charge in [0.05, 0.1) is 12.5 Å². The summed E-state index contributed by atoms with van der Waals surface area (Å²) in [5, 5.41) is 3.26. The van der Waals surface area contributed by atoms with E-state index in [1.807, 2.05) is 4.90 Å². The van der Waals surface area contributed by atoms with E-state index in [1.165, 1.54) is 31.4 Å². The Kier molecular flexibility index (Phi) is 4.72. The number of rotatable bonds is 4. The van der Waals surface area contributed by atoms with E-state index in [9.17, 15) is 14.0 Å². The van der Waals surface area contributed by atoms with E-state index in [0.717, 1.165) is 44.1 Å².